The van der Waals surface area contributed by atoms with E-state index in [2.05, 4.69) is 6.92 Å². The van der Waals surface area contributed by atoms with Gasteiger partial charge in [-0.05, 0) is 68.6 Å². The van der Waals surface area contributed by atoms with E-state index in [1.807, 2.05) is 0 Å². The smallest absolute Gasteiger partial charge is 0.00441 e. The Labute approximate surface area is 81.1 Å². The molecule has 3 bridgehead atoms. The highest BCUT2D eigenvalue weighted by molar-refractivity contribution is 5.01. The first kappa shape index (κ1) is 8.28. The molecule has 3 saturated carbocycles. The molecular weight excluding hydrogens is 158 g/mol. The van der Waals surface area contributed by atoms with Gasteiger partial charge >= 0.3 is 0 Å². The van der Waals surface area contributed by atoms with Gasteiger partial charge in [0.25, 0.3) is 0 Å². The highest BCUT2D eigenvalue weighted by Crippen LogP contribution is 2.58. The van der Waals surface area contributed by atoms with E-state index in [0.29, 0.717) is 6.04 Å². The van der Waals surface area contributed by atoms with Crippen LogP contribution in [-0.2, 0) is 0 Å². The Kier molecular flexibility index (Phi) is 1.74. The molecular formula is C12H21N. The minimum atomic E-state index is 0.455. The second-order valence-corrected chi connectivity index (χ2v) is 5.77. The number of hydrogen-bond acceptors (Lipinski definition) is 1. The van der Waals surface area contributed by atoms with Crippen molar-refractivity contribution in [2.24, 2.45) is 35.3 Å². The fourth-order valence-corrected chi connectivity index (χ4v) is 4.76. The SMILES string of the molecule is C[C@H](N)[C@H]1[C@@H]2CC[C@@H]3C[C@H](C2)C[C@@H]31. The molecule has 3 rings (SSSR count). The first-order chi connectivity index (χ1) is 6.25. The molecule has 0 aromatic heterocycles. The van der Waals surface area contributed by atoms with E-state index in [1.54, 1.807) is 6.42 Å². The summed E-state index contributed by atoms with van der Waals surface area (Å²) >= 11 is 0. The van der Waals surface area contributed by atoms with Crippen LogP contribution in [0.25, 0.3) is 0 Å². The third kappa shape index (κ3) is 1.09. The van der Waals surface area contributed by atoms with E-state index < -0.39 is 0 Å². The zero-order valence-electron chi connectivity index (χ0n) is 8.58. The first-order valence-corrected chi connectivity index (χ1v) is 6.01. The van der Waals surface area contributed by atoms with Crippen molar-refractivity contribution in [3.05, 3.63) is 0 Å². The average Bonchev–Trinajstić information content (AvgIpc) is 2.27. The zero-order chi connectivity index (χ0) is 9.00. The molecule has 3 fully saturated rings. The lowest BCUT2D eigenvalue weighted by atomic mass is 9.62. The molecule has 3 aliphatic carbocycles. The van der Waals surface area contributed by atoms with Crippen LogP contribution in [0.3, 0.4) is 0 Å². The maximum Gasteiger partial charge on any atom is 0.00441 e. The van der Waals surface area contributed by atoms with Crippen molar-refractivity contribution < 1.29 is 0 Å². The van der Waals surface area contributed by atoms with Crippen molar-refractivity contribution in [2.45, 2.75) is 45.1 Å². The normalized spacial score (nSPS) is 55.4. The van der Waals surface area contributed by atoms with Crippen LogP contribution in [0.15, 0.2) is 0 Å². The quantitative estimate of drug-likeness (QED) is 0.657. The summed E-state index contributed by atoms with van der Waals surface area (Å²) in [7, 11) is 0. The van der Waals surface area contributed by atoms with Crippen molar-refractivity contribution >= 4 is 0 Å². The fourth-order valence-electron chi connectivity index (χ4n) is 4.76. The molecule has 1 nitrogen and oxygen atoms in total. The standard InChI is InChI=1S/C12H21N/c1-7(13)12-10-3-2-9-4-8(5-10)6-11(9)12/h7-12H,2-6,13H2,1H3/t7-,8+,9+,10+,11-,12-/m0/s1. The molecule has 13 heavy (non-hydrogen) atoms. The van der Waals surface area contributed by atoms with E-state index in [0.717, 1.165) is 29.6 Å². The summed E-state index contributed by atoms with van der Waals surface area (Å²) < 4.78 is 0. The maximum atomic E-state index is 6.14. The van der Waals surface area contributed by atoms with Gasteiger partial charge in [-0.3, -0.25) is 0 Å². The van der Waals surface area contributed by atoms with E-state index in [1.165, 1.54) is 25.7 Å². The fraction of sp³-hybridized carbons (Fsp3) is 1.00. The number of nitrogens with two attached hydrogens (primary N) is 1. The van der Waals surface area contributed by atoms with Gasteiger partial charge in [0.05, 0.1) is 0 Å². The summed E-state index contributed by atoms with van der Waals surface area (Å²) in [5.41, 5.74) is 6.14. The van der Waals surface area contributed by atoms with Gasteiger partial charge in [0.2, 0.25) is 0 Å². The van der Waals surface area contributed by atoms with Crippen LogP contribution in [0, 0.1) is 29.6 Å². The Morgan fingerprint density at radius 2 is 1.77 bits per heavy atom. The second kappa shape index (κ2) is 2.73. The summed E-state index contributed by atoms with van der Waals surface area (Å²) in [5, 5.41) is 0. The van der Waals surface area contributed by atoms with Gasteiger partial charge in [-0.1, -0.05) is 0 Å². The largest absolute Gasteiger partial charge is 0.328 e. The molecule has 3 aliphatic rings. The van der Waals surface area contributed by atoms with Crippen molar-refractivity contribution in [2.75, 3.05) is 0 Å². The molecule has 0 radical (unpaired) electrons. The van der Waals surface area contributed by atoms with E-state index in [-0.39, 0.29) is 0 Å². The van der Waals surface area contributed by atoms with Gasteiger partial charge in [-0.25, -0.2) is 0 Å². The molecule has 0 aliphatic heterocycles. The summed E-state index contributed by atoms with van der Waals surface area (Å²) in [6.07, 6.45) is 7.59. The zero-order valence-corrected chi connectivity index (χ0v) is 8.58. The first-order valence-electron chi connectivity index (χ1n) is 6.01. The predicted octanol–water partition coefficient (Wildman–Crippen LogP) is 2.41. The Hall–Kier alpha value is -0.0400. The minimum Gasteiger partial charge on any atom is -0.328 e. The lowest BCUT2D eigenvalue weighted by Crippen LogP contribution is -2.43. The molecule has 0 heterocycles. The monoisotopic (exact) mass is 179 g/mol. The predicted molar refractivity (Wildman–Crippen MR) is 54.2 cm³/mol. The molecule has 0 amide bonds. The van der Waals surface area contributed by atoms with Crippen LogP contribution in [0.1, 0.15) is 39.0 Å². The summed E-state index contributed by atoms with van der Waals surface area (Å²) in [5.74, 6) is 5.08. The van der Waals surface area contributed by atoms with Gasteiger partial charge in [0.1, 0.15) is 0 Å². The molecule has 0 unspecified atom stereocenters. The number of fused-ring (bicyclic) bond motifs is 2. The molecule has 1 heteroatoms. The lowest BCUT2D eigenvalue weighted by molar-refractivity contribution is 0.0663. The van der Waals surface area contributed by atoms with Crippen molar-refractivity contribution in [3.8, 4) is 0 Å². The lowest BCUT2D eigenvalue weighted by Gasteiger charge is -2.44. The summed E-state index contributed by atoms with van der Waals surface area (Å²) in [4.78, 5) is 0. The summed E-state index contributed by atoms with van der Waals surface area (Å²) in [6, 6.07) is 0.455. The van der Waals surface area contributed by atoms with Crippen LogP contribution >= 0.6 is 0 Å². The van der Waals surface area contributed by atoms with Gasteiger partial charge < -0.3 is 5.73 Å². The molecule has 0 aromatic rings. The van der Waals surface area contributed by atoms with E-state index in [9.17, 15) is 0 Å². The van der Waals surface area contributed by atoms with Crippen molar-refractivity contribution in [3.63, 3.8) is 0 Å². The Morgan fingerprint density at radius 1 is 1.08 bits per heavy atom. The minimum absolute atomic E-state index is 0.455. The average molecular weight is 179 g/mol. The Balaban J connectivity index is 1.90. The highest BCUT2D eigenvalue weighted by atomic mass is 14.7. The van der Waals surface area contributed by atoms with Gasteiger partial charge in [-0.2, -0.15) is 0 Å². The second-order valence-electron chi connectivity index (χ2n) is 5.77. The highest BCUT2D eigenvalue weighted by Gasteiger charge is 2.50. The van der Waals surface area contributed by atoms with E-state index in [4.69, 9.17) is 5.73 Å². The third-order valence-electron chi connectivity index (χ3n) is 5.04. The van der Waals surface area contributed by atoms with Crippen LogP contribution < -0.4 is 5.73 Å². The number of rotatable bonds is 1. The third-order valence-corrected chi connectivity index (χ3v) is 5.04. The van der Waals surface area contributed by atoms with Crippen molar-refractivity contribution in [1.82, 2.24) is 0 Å². The number of hydrogen-bond donors (Lipinski definition) is 1. The maximum absolute atomic E-state index is 6.14. The van der Waals surface area contributed by atoms with Gasteiger partial charge in [0, 0.05) is 6.04 Å². The Morgan fingerprint density at radius 3 is 2.54 bits per heavy atom. The molecule has 2 N–H and O–H groups in total. The van der Waals surface area contributed by atoms with Crippen molar-refractivity contribution in [1.29, 1.82) is 0 Å². The van der Waals surface area contributed by atoms with E-state index >= 15 is 0 Å². The van der Waals surface area contributed by atoms with Gasteiger partial charge in [0.15, 0.2) is 0 Å². The van der Waals surface area contributed by atoms with Crippen LogP contribution in [0.5, 0.6) is 0 Å². The Bertz CT molecular complexity index is 211. The molecule has 0 spiro atoms. The summed E-state index contributed by atoms with van der Waals surface area (Å²) in [6.45, 7) is 2.23. The van der Waals surface area contributed by atoms with Crippen LogP contribution in [0.2, 0.25) is 0 Å². The molecule has 0 aromatic carbocycles. The topological polar surface area (TPSA) is 26.0 Å². The molecule has 0 saturated heterocycles. The van der Waals surface area contributed by atoms with Crippen LogP contribution in [0.4, 0.5) is 0 Å². The van der Waals surface area contributed by atoms with Crippen LogP contribution in [-0.4, -0.2) is 6.04 Å². The molecule has 74 valence electrons. The van der Waals surface area contributed by atoms with Gasteiger partial charge in [-0.15, -0.1) is 0 Å². The molecule has 6 atom stereocenters.